The molecule has 2 fully saturated rings. The third-order valence-electron chi connectivity index (χ3n) is 6.18. The Morgan fingerprint density at radius 2 is 2.22 bits per heavy atom. The molecule has 3 N–H and O–H groups in total. The van der Waals surface area contributed by atoms with Gasteiger partial charge in [0.25, 0.3) is 5.91 Å². The third kappa shape index (κ3) is 4.19. The molecule has 0 radical (unpaired) electrons. The van der Waals surface area contributed by atoms with E-state index in [-0.39, 0.29) is 11.4 Å². The molecule has 2 atom stereocenters. The Bertz CT molecular complexity index is 682. The molecular formula is C21H32ClN3O2. The van der Waals surface area contributed by atoms with Crippen LogP contribution in [0.3, 0.4) is 0 Å². The fourth-order valence-corrected chi connectivity index (χ4v) is 5.10. The first-order chi connectivity index (χ1) is 13.0. The Morgan fingerprint density at radius 1 is 1.41 bits per heavy atom. The van der Waals surface area contributed by atoms with E-state index in [1.807, 2.05) is 6.92 Å². The Kier molecular flexibility index (Phi) is 6.53. The summed E-state index contributed by atoms with van der Waals surface area (Å²) in [5, 5.41) is 3.46. The highest BCUT2D eigenvalue weighted by Gasteiger charge is 2.47. The maximum Gasteiger partial charge on any atom is 0.255 e. The van der Waals surface area contributed by atoms with Gasteiger partial charge in [-0.05, 0) is 58.1 Å². The SMILES string of the molecule is CCCC1CCC2(CCNC(=O)c3cc(Cl)c(N)cc3OCC)CCCN12. The average Bonchev–Trinajstić information content (AvgIpc) is 3.18. The number of ether oxygens (including phenoxy) is 1. The number of halogens is 1. The van der Waals surface area contributed by atoms with Crippen LogP contribution in [0.25, 0.3) is 0 Å². The van der Waals surface area contributed by atoms with E-state index < -0.39 is 0 Å². The minimum Gasteiger partial charge on any atom is -0.493 e. The molecule has 3 rings (SSSR count). The predicted molar refractivity (Wildman–Crippen MR) is 111 cm³/mol. The highest BCUT2D eigenvalue weighted by atomic mass is 35.5. The van der Waals surface area contributed by atoms with Crippen LogP contribution in [0.4, 0.5) is 5.69 Å². The van der Waals surface area contributed by atoms with Crippen LogP contribution in [0, 0.1) is 0 Å². The third-order valence-corrected chi connectivity index (χ3v) is 6.50. The standard InChI is InChI=1S/C21H32ClN3O2/c1-3-6-15-7-9-21(8-5-12-25(15)21)10-11-24-20(26)16-13-17(22)18(23)14-19(16)27-4-2/h13-15H,3-12,23H2,1-2H3,(H,24,26). The molecule has 0 aromatic heterocycles. The van der Waals surface area contributed by atoms with E-state index in [9.17, 15) is 4.79 Å². The first-order valence-electron chi connectivity index (χ1n) is 10.3. The second-order valence-corrected chi connectivity index (χ2v) is 8.22. The lowest BCUT2D eigenvalue weighted by atomic mass is 9.90. The number of carbonyl (C=O) groups excluding carboxylic acids is 1. The molecule has 27 heavy (non-hydrogen) atoms. The molecule has 2 heterocycles. The van der Waals surface area contributed by atoms with Crippen molar-refractivity contribution < 1.29 is 9.53 Å². The molecule has 1 amide bonds. The Morgan fingerprint density at radius 3 is 2.96 bits per heavy atom. The zero-order chi connectivity index (χ0) is 19.4. The van der Waals surface area contributed by atoms with Gasteiger partial charge in [0.2, 0.25) is 0 Å². The number of carbonyl (C=O) groups is 1. The quantitative estimate of drug-likeness (QED) is 0.648. The van der Waals surface area contributed by atoms with E-state index in [0.29, 0.717) is 35.2 Å². The molecular weight excluding hydrogens is 362 g/mol. The molecule has 2 aliphatic heterocycles. The van der Waals surface area contributed by atoms with Crippen molar-refractivity contribution >= 4 is 23.2 Å². The molecule has 2 unspecified atom stereocenters. The molecule has 5 nitrogen and oxygen atoms in total. The maximum absolute atomic E-state index is 12.7. The van der Waals surface area contributed by atoms with Crippen molar-refractivity contribution in [3.63, 3.8) is 0 Å². The molecule has 1 aromatic carbocycles. The number of nitrogen functional groups attached to an aromatic ring is 1. The maximum atomic E-state index is 12.7. The number of rotatable bonds is 8. The highest BCUT2D eigenvalue weighted by molar-refractivity contribution is 6.33. The van der Waals surface area contributed by atoms with Gasteiger partial charge in [0.1, 0.15) is 5.75 Å². The second kappa shape index (κ2) is 8.70. The Balaban J connectivity index is 1.62. The van der Waals surface area contributed by atoms with Crippen LogP contribution in [0.2, 0.25) is 5.02 Å². The average molecular weight is 394 g/mol. The van der Waals surface area contributed by atoms with E-state index in [0.717, 1.165) is 12.5 Å². The number of nitrogens with two attached hydrogens (primary N) is 1. The number of nitrogens with zero attached hydrogens (tertiary/aromatic N) is 1. The molecule has 0 bridgehead atoms. The summed E-state index contributed by atoms with van der Waals surface area (Å²) in [6, 6.07) is 3.96. The van der Waals surface area contributed by atoms with Crippen LogP contribution in [0.1, 0.15) is 69.2 Å². The van der Waals surface area contributed by atoms with Crippen LogP contribution in [-0.2, 0) is 0 Å². The van der Waals surface area contributed by atoms with Gasteiger partial charge in [-0.3, -0.25) is 9.69 Å². The molecule has 0 saturated carbocycles. The smallest absolute Gasteiger partial charge is 0.255 e. The number of fused-ring (bicyclic) bond motifs is 1. The van der Waals surface area contributed by atoms with Crippen LogP contribution in [0.15, 0.2) is 12.1 Å². The van der Waals surface area contributed by atoms with E-state index in [2.05, 4.69) is 17.1 Å². The van der Waals surface area contributed by atoms with Crippen molar-refractivity contribution in [3.8, 4) is 5.75 Å². The monoisotopic (exact) mass is 393 g/mol. The summed E-state index contributed by atoms with van der Waals surface area (Å²) in [4.78, 5) is 15.5. The number of hydrogen-bond donors (Lipinski definition) is 2. The predicted octanol–water partition coefficient (Wildman–Crippen LogP) is 4.24. The summed E-state index contributed by atoms with van der Waals surface area (Å²) >= 11 is 6.12. The van der Waals surface area contributed by atoms with Crippen LogP contribution >= 0.6 is 11.6 Å². The number of amides is 1. The first kappa shape index (κ1) is 20.3. The van der Waals surface area contributed by atoms with Gasteiger partial charge in [-0.15, -0.1) is 0 Å². The van der Waals surface area contributed by atoms with Gasteiger partial charge in [0.05, 0.1) is 22.9 Å². The fourth-order valence-electron chi connectivity index (χ4n) is 4.94. The van der Waals surface area contributed by atoms with E-state index >= 15 is 0 Å². The van der Waals surface area contributed by atoms with Gasteiger partial charge >= 0.3 is 0 Å². The zero-order valence-corrected chi connectivity index (χ0v) is 17.3. The van der Waals surface area contributed by atoms with Gasteiger partial charge in [0, 0.05) is 24.2 Å². The summed E-state index contributed by atoms with van der Waals surface area (Å²) < 4.78 is 5.58. The lowest BCUT2D eigenvalue weighted by Crippen LogP contribution is -2.44. The van der Waals surface area contributed by atoms with Gasteiger partial charge < -0.3 is 15.8 Å². The van der Waals surface area contributed by atoms with Crippen molar-refractivity contribution in [2.45, 2.75) is 70.4 Å². The number of benzene rings is 1. The lowest BCUT2D eigenvalue weighted by Gasteiger charge is -2.35. The minimum atomic E-state index is -0.149. The van der Waals surface area contributed by atoms with Crippen molar-refractivity contribution in [3.05, 3.63) is 22.7 Å². The molecule has 2 saturated heterocycles. The molecule has 150 valence electrons. The van der Waals surface area contributed by atoms with Gasteiger partial charge in [0.15, 0.2) is 0 Å². The summed E-state index contributed by atoms with van der Waals surface area (Å²) in [7, 11) is 0. The van der Waals surface area contributed by atoms with E-state index in [1.54, 1.807) is 12.1 Å². The van der Waals surface area contributed by atoms with Crippen molar-refractivity contribution in [2.24, 2.45) is 0 Å². The Labute approximate surface area is 167 Å². The fraction of sp³-hybridized carbons (Fsp3) is 0.667. The van der Waals surface area contributed by atoms with Crippen molar-refractivity contribution in [1.82, 2.24) is 10.2 Å². The Hall–Kier alpha value is -1.46. The number of hydrogen-bond acceptors (Lipinski definition) is 4. The summed E-state index contributed by atoms with van der Waals surface area (Å²) in [6.45, 7) is 6.50. The van der Waals surface area contributed by atoms with Gasteiger partial charge in [-0.25, -0.2) is 0 Å². The first-order valence-corrected chi connectivity index (χ1v) is 10.7. The summed E-state index contributed by atoms with van der Waals surface area (Å²) in [6.07, 6.45) is 8.61. The summed E-state index contributed by atoms with van der Waals surface area (Å²) in [5.74, 6) is 0.339. The summed E-state index contributed by atoms with van der Waals surface area (Å²) in [5.41, 5.74) is 7.01. The second-order valence-electron chi connectivity index (χ2n) is 7.81. The van der Waals surface area contributed by atoms with Gasteiger partial charge in [-0.1, -0.05) is 24.9 Å². The van der Waals surface area contributed by atoms with Crippen molar-refractivity contribution in [1.29, 1.82) is 0 Å². The molecule has 6 heteroatoms. The topological polar surface area (TPSA) is 67.6 Å². The molecule has 0 spiro atoms. The van der Waals surface area contributed by atoms with E-state index in [1.165, 1.54) is 45.1 Å². The van der Waals surface area contributed by atoms with Crippen LogP contribution in [-0.4, -0.2) is 42.1 Å². The zero-order valence-electron chi connectivity index (χ0n) is 16.5. The van der Waals surface area contributed by atoms with Crippen LogP contribution in [0.5, 0.6) is 5.75 Å². The largest absolute Gasteiger partial charge is 0.493 e. The highest BCUT2D eigenvalue weighted by Crippen LogP contribution is 2.45. The lowest BCUT2D eigenvalue weighted by molar-refractivity contribution is 0.0931. The normalized spacial score (nSPS) is 24.8. The van der Waals surface area contributed by atoms with E-state index in [4.69, 9.17) is 22.1 Å². The van der Waals surface area contributed by atoms with Gasteiger partial charge in [-0.2, -0.15) is 0 Å². The molecule has 0 aliphatic carbocycles. The number of anilines is 1. The number of nitrogens with one attached hydrogen (secondary N) is 1. The van der Waals surface area contributed by atoms with Crippen LogP contribution < -0.4 is 15.8 Å². The molecule has 1 aromatic rings. The molecule has 2 aliphatic rings. The van der Waals surface area contributed by atoms with Crippen molar-refractivity contribution in [2.75, 3.05) is 25.4 Å². The minimum absolute atomic E-state index is 0.149.